The van der Waals surface area contributed by atoms with Crippen LogP contribution in [-0.4, -0.2) is 42.8 Å². The number of piperidine rings is 1. The van der Waals surface area contributed by atoms with Crippen molar-refractivity contribution >= 4 is 23.3 Å². The van der Waals surface area contributed by atoms with Gasteiger partial charge in [-0.1, -0.05) is 6.07 Å². The minimum atomic E-state index is -4.54. The molecule has 24 heavy (non-hydrogen) atoms. The van der Waals surface area contributed by atoms with Gasteiger partial charge in [0, 0.05) is 23.9 Å². The van der Waals surface area contributed by atoms with E-state index < -0.39 is 18.9 Å². The summed E-state index contributed by atoms with van der Waals surface area (Å²) in [5, 5.41) is 4.86. The maximum Gasteiger partial charge on any atom is 0.422 e. The molecule has 0 unspecified atom stereocenters. The van der Waals surface area contributed by atoms with Gasteiger partial charge in [-0.25, -0.2) is 4.79 Å². The van der Waals surface area contributed by atoms with Gasteiger partial charge >= 0.3 is 12.3 Å². The van der Waals surface area contributed by atoms with Crippen molar-refractivity contribution in [2.24, 2.45) is 5.92 Å². The van der Waals surface area contributed by atoms with E-state index in [4.69, 9.17) is 0 Å². The molecule has 1 aromatic rings. The second-order valence-electron chi connectivity index (χ2n) is 5.68. The summed E-state index contributed by atoms with van der Waals surface area (Å²) in [5.74, 6) is -0.349. The van der Waals surface area contributed by atoms with E-state index in [0.29, 0.717) is 12.8 Å². The third-order valence-electron chi connectivity index (χ3n) is 3.81. The molecule has 2 rings (SSSR count). The maximum absolute atomic E-state index is 12.2. The number of amides is 2. The van der Waals surface area contributed by atoms with E-state index in [1.165, 1.54) is 4.90 Å². The lowest BCUT2D eigenvalue weighted by Gasteiger charge is -2.31. The first kappa shape index (κ1) is 18.6. The molecular formula is C15H19F3N2O3S. The topological polar surface area (TPSA) is 58.6 Å². The van der Waals surface area contributed by atoms with Crippen LogP contribution in [0.2, 0.25) is 0 Å². The molecule has 1 N–H and O–H groups in total. The van der Waals surface area contributed by atoms with Crippen LogP contribution in [0.3, 0.4) is 0 Å². The molecule has 0 spiro atoms. The van der Waals surface area contributed by atoms with Crippen molar-refractivity contribution in [1.29, 1.82) is 0 Å². The van der Waals surface area contributed by atoms with Crippen LogP contribution in [-0.2, 0) is 9.53 Å². The molecule has 5 nitrogen and oxygen atoms in total. The van der Waals surface area contributed by atoms with Crippen molar-refractivity contribution in [3.05, 3.63) is 22.4 Å². The molecule has 0 saturated carbocycles. The number of nitrogens with one attached hydrogen (secondary N) is 1. The van der Waals surface area contributed by atoms with Crippen LogP contribution in [0.4, 0.5) is 18.0 Å². The average Bonchev–Trinajstić information content (AvgIpc) is 3.06. The Bertz CT molecular complexity index is 555. The van der Waals surface area contributed by atoms with E-state index in [-0.39, 0.29) is 31.0 Å². The number of halogens is 3. The first-order valence-electron chi connectivity index (χ1n) is 7.58. The minimum absolute atomic E-state index is 0.0905. The Morgan fingerprint density at radius 2 is 2.08 bits per heavy atom. The molecule has 1 saturated heterocycles. The summed E-state index contributed by atoms with van der Waals surface area (Å²) in [4.78, 5) is 26.1. The Hall–Kier alpha value is -1.77. The summed E-state index contributed by atoms with van der Waals surface area (Å²) in [5.41, 5.74) is 0. The Labute approximate surface area is 141 Å². The zero-order valence-electron chi connectivity index (χ0n) is 13.1. The lowest BCUT2D eigenvalue weighted by Crippen LogP contribution is -2.44. The third-order valence-corrected chi connectivity index (χ3v) is 4.87. The lowest BCUT2D eigenvalue weighted by atomic mass is 9.96. The summed E-state index contributed by atoms with van der Waals surface area (Å²) < 4.78 is 40.3. The quantitative estimate of drug-likeness (QED) is 0.892. The number of carbonyl (C=O) groups excluding carboxylic acids is 2. The smallest absolute Gasteiger partial charge is 0.422 e. The normalized spacial score (nSPS) is 17.4. The lowest BCUT2D eigenvalue weighted by molar-refractivity contribution is -0.162. The zero-order valence-corrected chi connectivity index (χ0v) is 14.0. The number of nitrogens with zero attached hydrogens (tertiary/aromatic N) is 1. The number of carbonyl (C=O) groups is 2. The summed E-state index contributed by atoms with van der Waals surface area (Å²) in [7, 11) is 0. The molecule has 0 bridgehead atoms. The SMILES string of the molecule is C[C@@H](NC(=O)C1CCN(C(=O)OCC(F)(F)F)CC1)c1cccs1. The highest BCUT2D eigenvalue weighted by atomic mass is 32.1. The predicted molar refractivity (Wildman–Crippen MR) is 82.6 cm³/mol. The van der Waals surface area contributed by atoms with Crippen LogP contribution in [0.5, 0.6) is 0 Å². The van der Waals surface area contributed by atoms with Crippen LogP contribution in [0, 0.1) is 5.92 Å². The summed E-state index contributed by atoms with van der Waals surface area (Å²) in [6, 6.07) is 3.76. The fourth-order valence-electron chi connectivity index (χ4n) is 2.50. The highest BCUT2D eigenvalue weighted by molar-refractivity contribution is 7.10. The van der Waals surface area contributed by atoms with Crippen LogP contribution in [0.25, 0.3) is 0 Å². The van der Waals surface area contributed by atoms with Crippen molar-refractivity contribution in [2.75, 3.05) is 19.7 Å². The van der Waals surface area contributed by atoms with Crippen molar-refractivity contribution in [2.45, 2.75) is 32.0 Å². The van der Waals surface area contributed by atoms with E-state index >= 15 is 0 Å². The molecule has 2 heterocycles. The largest absolute Gasteiger partial charge is 0.440 e. The van der Waals surface area contributed by atoms with Gasteiger partial charge in [0.2, 0.25) is 5.91 Å². The van der Waals surface area contributed by atoms with Gasteiger partial charge < -0.3 is 15.0 Å². The molecule has 1 atom stereocenters. The number of thiophene rings is 1. The molecule has 0 aromatic carbocycles. The fraction of sp³-hybridized carbons (Fsp3) is 0.600. The van der Waals surface area contributed by atoms with Gasteiger partial charge in [-0.15, -0.1) is 11.3 Å². The van der Waals surface area contributed by atoms with Gasteiger partial charge in [0.05, 0.1) is 6.04 Å². The van der Waals surface area contributed by atoms with Gasteiger partial charge in [-0.3, -0.25) is 4.79 Å². The second kappa shape index (κ2) is 7.87. The molecule has 1 aromatic heterocycles. The summed E-state index contributed by atoms with van der Waals surface area (Å²) in [6.45, 7) is 0.724. The van der Waals surface area contributed by atoms with E-state index in [9.17, 15) is 22.8 Å². The fourth-order valence-corrected chi connectivity index (χ4v) is 3.23. The minimum Gasteiger partial charge on any atom is -0.440 e. The number of likely N-dealkylation sites (tertiary alicyclic amines) is 1. The van der Waals surface area contributed by atoms with Crippen molar-refractivity contribution in [3.8, 4) is 0 Å². The Morgan fingerprint density at radius 3 is 2.62 bits per heavy atom. The van der Waals surface area contributed by atoms with Gasteiger partial charge in [-0.2, -0.15) is 13.2 Å². The third kappa shape index (κ3) is 5.40. The number of alkyl halides is 3. The Balaban J connectivity index is 1.75. The van der Waals surface area contributed by atoms with Crippen molar-refractivity contribution < 1.29 is 27.5 Å². The van der Waals surface area contributed by atoms with Crippen LogP contribution in [0.1, 0.15) is 30.7 Å². The Kier molecular flexibility index (Phi) is 6.09. The van der Waals surface area contributed by atoms with Gasteiger partial charge in [-0.05, 0) is 31.2 Å². The van der Waals surface area contributed by atoms with Gasteiger partial charge in [0.15, 0.2) is 6.61 Å². The summed E-state index contributed by atoms with van der Waals surface area (Å²) in [6.07, 6.45) is -4.71. The van der Waals surface area contributed by atoms with Gasteiger partial charge in [0.25, 0.3) is 0 Å². The number of hydrogen-bond donors (Lipinski definition) is 1. The molecule has 1 aliphatic rings. The summed E-state index contributed by atoms with van der Waals surface area (Å²) >= 11 is 1.56. The van der Waals surface area contributed by atoms with Crippen molar-refractivity contribution in [1.82, 2.24) is 10.2 Å². The number of hydrogen-bond acceptors (Lipinski definition) is 4. The molecule has 9 heteroatoms. The van der Waals surface area contributed by atoms with E-state index in [1.54, 1.807) is 11.3 Å². The molecule has 0 radical (unpaired) electrons. The zero-order chi connectivity index (χ0) is 17.7. The molecule has 134 valence electrons. The van der Waals surface area contributed by atoms with E-state index in [2.05, 4.69) is 10.1 Å². The molecular weight excluding hydrogens is 345 g/mol. The molecule has 2 amide bonds. The molecule has 1 fully saturated rings. The predicted octanol–water partition coefficient (Wildman–Crippen LogP) is 3.34. The van der Waals surface area contributed by atoms with E-state index in [1.807, 2.05) is 24.4 Å². The first-order chi connectivity index (χ1) is 11.3. The highest BCUT2D eigenvalue weighted by Gasteiger charge is 2.33. The van der Waals surface area contributed by atoms with Gasteiger partial charge in [0.1, 0.15) is 0 Å². The number of ether oxygens (including phenoxy) is 1. The van der Waals surface area contributed by atoms with E-state index in [0.717, 1.165) is 4.88 Å². The van der Waals surface area contributed by atoms with Crippen molar-refractivity contribution in [3.63, 3.8) is 0 Å². The highest BCUT2D eigenvalue weighted by Crippen LogP contribution is 2.22. The molecule has 1 aliphatic heterocycles. The Morgan fingerprint density at radius 1 is 1.42 bits per heavy atom. The molecule has 0 aliphatic carbocycles. The van der Waals surface area contributed by atoms with Crippen LogP contribution >= 0.6 is 11.3 Å². The first-order valence-corrected chi connectivity index (χ1v) is 8.46. The maximum atomic E-state index is 12.2. The van der Waals surface area contributed by atoms with Crippen LogP contribution in [0.15, 0.2) is 17.5 Å². The second-order valence-corrected chi connectivity index (χ2v) is 6.66. The average molecular weight is 364 g/mol. The van der Waals surface area contributed by atoms with Crippen LogP contribution < -0.4 is 5.32 Å². The monoisotopic (exact) mass is 364 g/mol. The standard InChI is InChI=1S/C15H19F3N2O3S/c1-10(12-3-2-8-24-12)19-13(21)11-4-6-20(7-5-11)14(22)23-9-15(16,17)18/h2-3,8,10-11H,4-7,9H2,1H3,(H,19,21)/t10-/m1/s1. The number of rotatable bonds is 4.